The third kappa shape index (κ3) is 5.38. The Hall–Kier alpha value is -3.79. The fourth-order valence-corrected chi connectivity index (χ4v) is 5.05. The van der Waals surface area contributed by atoms with Crippen molar-refractivity contribution in [1.29, 1.82) is 0 Å². The van der Waals surface area contributed by atoms with E-state index in [1.165, 1.54) is 36.9 Å². The second kappa shape index (κ2) is 10.4. The van der Waals surface area contributed by atoms with Crippen LogP contribution in [-0.2, 0) is 4.79 Å². The number of hydrogen-bond donors (Lipinski definition) is 2. The Morgan fingerprint density at radius 1 is 1.11 bits per heavy atom. The summed E-state index contributed by atoms with van der Waals surface area (Å²) in [6.07, 6.45) is 7.47. The van der Waals surface area contributed by atoms with Gasteiger partial charge in [-0.15, -0.1) is 0 Å². The summed E-state index contributed by atoms with van der Waals surface area (Å²) in [4.78, 5) is 40.0. The Kier molecular flexibility index (Phi) is 6.95. The fourth-order valence-electron chi connectivity index (χ4n) is 4.89. The topological polar surface area (TPSA) is 109 Å². The van der Waals surface area contributed by atoms with E-state index in [2.05, 4.69) is 25.6 Å². The van der Waals surface area contributed by atoms with Gasteiger partial charge in [-0.1, -0.05) is 11.6 Å². The standard InChI is InChI=1S/C25H24ClFN6O3/c26-15-9-21(25(35)32-22-7-8-28-14-31-22)24(29-12-15)30-13-23(34)33-17-3-4-18(33)11-20(10-17)36-19-5-1-16(27)2-6-19/h1-2,5-9,12,14,17-18,20H,3-4,10-11,13H2,(H,29,30)(H,28,31,32,35). The van der Waals surface area contributed by atoms with Gasteiger partial charge in [-0.2, -0.15) is 0 Å². The first kappa shape index (κ1) is 23.9. The first-order valence-electron chi connectivity index (χ1n) is 11.7. The molecule has 2 amide bonds. The average molecular weight is 511 g/mol. The third-order valence-electron chi connectivity index (χ3n) is 6.42. The first-order valence-corrected chi connectivity index (χ1v) is 12.0. The Morgan fingerprint density at radius 2 is 1.86 bits per heavy atom. The highest BCUT2D eigenvalue weighted by Crippen LogP contribution is 2.37. The van der Waals surface area contributed by atoms with Crippen LogP contribution >= 0.6 is 11.6 Å². The smallest absolute Gasteiger partial charge is 0.260 e. The Balaban J connectivity index is 1.21. The molecule has 36 heavy (non-hydrogen) atoms. The molecule has 2 aromatic heterocycles. The number of aromatic nitrogens is 3. The zero-order chi connectivity index (χ0) is 25.1. The van der Waals surface area contributed by atoms with Gasteiger partial charge in [0.25, 0.3) is 5.91 Å². The van der Waals surface area contributed by atoms with Gasteiger partial charge < -0.3 is 20.3 Å². The Morgan fingerprint density at radius 3 is 2.56 bits per heavy atom. The second-order valence-corrected chi connectivity index (χ2v) is 9.24. The van der Waals surface area contributed by atoms with E-state index in [9.17, 15) is 14.0 Å². The maximum absolute atomic E-state index is 13.2. The van der Waals surface area contributed by atoms with Crippen LogP contribution in [0.1, 0.15) is 36.0 Å². The first-order chi connectivity index (χ1) is 17.5. The number of piperidine rings is 1. The van der Waals surface area contributed by atoms with Crippen molar-refractivity contribution in [3.05, 3.63) is 71.5 Å². The van der Waals surface area contributed by atoms with Crippen LogP contribution in [0, 0.1) is 5.82 Å². The van der Waals surface area contributed by atoms with Crippen molar-refractivity contribution in [1.82, 2.24) is 19.9 Å². The van der Waals surface area contributed by atoms with Gasteiger partial charge in [-0.3, -0.25) is 9.59 Å². The normalized spacial score (nSPS) is 20.6. The number of amides is 2. The molecule has 0 spiro atoms. The zero-order valence-electron chi connectivity index (χ0n) is 19.2. The molecule has 2 saturated heterocycles. The molecule has 2 aliphatic heterocycles. The number of nitrogens with zero attached hydrogens (tertiary/aromatic N) is 4. The lowest BCUT2D eigenvalue weighted by atomic mass is 9.99. The van der Waals surface area contributed by atoms with Gasteiger partial charge in [0.2, 0.25) is 5.91 Å². The minimum absolute atomic E-state index is 0.0150. The van der Waals surface area contributed by atoms with Crippen LogP contribution in [0.4, 0.5) is 16.0 Å². The van der Waals surface area contributed by atoms with E-state index in [0.717, 1.165) is 12.8 Å². The van der Waals surface area contributed by atoms with Crippen LogP contribution in [0.5, 0.6) is 5.75 Å². The zero-order valence-corrected chi connectivity index (χ0v) is 20.0. The predicted molar refractivity (Wildman–Crippen MR) is 131 cm³/mol. The summed E-state index contributed by atoms with van der Waals surface area (Å²) in [5, 5.41) is 5.97. The number of hydrogen-bond acceptors (Lipinski definition) is 7. The fraction of sp³-hybridized carbons (Fsp3) is 0.320. The number of anilines is 2. The molecular formula is C25H24ClFN6O3. The molecule has 3 aromatic rings. The lowest BCUT2D eigenvalue weighted by molar-refractivity contribution is -0.135. The molecule has 4 heterocycles. The minimum atomic E-state index is -0.461. The highest BCUT2D eigenvalue weighted by atomic mass is 35.5. The molecule has 5 rings (SSSR count). The third-order valence-corrected chi connectivity index (χ3v) is 6.63. The van der Waals surface area contributed by atoms with Gasteiger partial charge in [0, 0.05) is 37.3 Å². The van der Waals surface area contributed by atoms with Gasteiger partial charge in [-0.05, 0) is 49.2 Å². The molecule has 9 nitrogen and oxygen atoms in total. The van der Waals surface area contributed by atoms with E-state index in [-0.39, 0.29) is 47.8 Å². The molecule has 0 saturated carbocycles. The minimum Gasteiger partial charge on any atom is -0.490 e. The SMILES string of the molecule is O=C(Nc1ccncn1)c1cc(Cl)cnc1NCC(=O)N1C2CCC1CC(Oc1ccc(F)cc1)C2. The maximum Gasteiger partial charge on any atom is 0.260 e. The summed E-state index contributed by atoms with van der Waals surface area (Å²) in [5.41, 5.74) is 0.197. The van der Waals surface area contributed by atoms with Crippen LogP contribution in [0.3, 0.4) is 0 Å². The van der Waals surface area contributed by atoms with Gasteiger partial charge in [0.15, 0.2) is 0 Å². The monoisotopic (exact) mass is 510 g/mol. The number of halogens is 2. The molecule has 0 aliphatic carbocycles. The van der Waals surface area contributed by atoms with E-state index in [1.807, 2.05) is 4.90 Å². The van der Waals surface area contributed by atoms with Crippen LogP contribution in [0.2, 0.25) is 5.02 Å². The number of carbonyl (C=O) groups excluding carboxylic acids is 2. The number of ether oxygens (including phenoxy) is 1. The molecule has 2 N–H and O–H groups in total. The maximum atomic E-state index is 13.2. The molecule has 2 atom stereocenters. The Bertz CT molecular complexity index is 1230. The van der Waals surface area contributed by atoms with Crippen molar-refractivity contribution in [3.63, 3.8) is 0 Å². The lowest BCUT2D eigenvalue weighted by Crippen LogP contribution is -2.51. The molecule has 0 radical (unpaired) electrons. The molecule has 2 fully saturated rings. The Labute approximate surface area is 212 Å². The lowest BCUT2D eigenvalue weighted by Gasteiger charge is -2.39. The predicted octanol–water partition coefficient (Wildman–Crippen LogP) is 3.93. The van der Waals surface area contributed by atoms with Crippen molar-refractivity contribution >= 4 is 35.1 Å². The van der Waals surface area contributed by atoms with E-state index < -0.39 is 5.91 Å². The van der Waals surface area contributed by atoms with E-state index in [1.54, 1.807) is 18.2 Å². The summed E-state index contributed by atoms with van der Waals surface area (Å²) in [7, 11) is 0. The van der Waals surface area contributed by atoms with E-state index >= 15 is 0 Å². The summed E-state index contributed by atoms with van der Waals surface area (Å²) in [5.74, 6) is 0.378. The number of fused-ring (bicyclic) bond motifs is 2. The number of pyridine rings is 1. The van der Waals surface area contributed by atoms with Crippen LogP contribution < -0.4 is 15.4 Å². The van der Waals surface area contributed by atoms with Crippen LogP contribution in [0.25, 0.3) is 0 Å². The van der Waals surface area contributed by atoms with Crippen LogP contribution in [-0.4, -0.2) is 56.4 Å². The highest BCUT2D eigenvalue weighted by Gasteiger charge is 2.43. The van der Waals surface area contributed by atoms with E-state index in [0.29, 0.717) is 29.4 Å². The van der Waals surface area contributed by atoms with Gasteiger partial charge >= 0.3 is 0 Å². The molecule has 186 valence electrons. The number of rotatable bonds is 7. The molecule has 11 heteroatoms. The van der Waals surface area contributed by atoms with Gasteiger partial charge in [0.1, 0.15) is 35.6 Å². The number of nitrogens with one attached hydrogen (secondary N) is 2. The largest absolute Gasteiger partial charge is 0.490 e. The molecule has 1 aromatic carbocycles. The average Bonchev–Trinajstić information content (AvgIpc) is 3.15. The summed E-state index contributed by atoms with van der Waals surface area (Å²) in [6.45, 7) is -0.0150. The summed E-state index contributed by atoms with van der Waals surface area (Å²) in [6, 6.07) is 9.19. The van der Waals surface area contributed by atoms with E-state index in [4.69, 9.17) is 16.3 Å². The molecular weight excluding hydrogens is 487 g/mol. The summed E-state index contributed by atoms with van der Waals surface area (Å²) < 4.78 is 19.2. The molecule has 2 aliphatic rings. The molecule has 2 unspecified atom stereocenters. The highest BCUT2D eigenvalue weighted by molar-refractivity contribution is 6.31. The van der Waals surface area contributed by atoms with Crippen molar-refractivity contribution in [2.75, 3.05) is 17.2 Å². The van der Waals surface area contributed by atoms with Crippen molar-refractivity contribution in [2.45, 2.75) is 43.9 Å². The van der Waals surface area contributed by atoms with Gasteiger partial charge in [0.05, 0.1) is 17.1 Å². The van der Waals surface area contributed by atoms with Crippen molar-refractivity contribution in [2.24, 2.45) is 0 Å². The quantitative estimate of drug-likeness (QED) is 0.495. The number of benzene rings is 1. The summed E-state index contributed by atoms with van der Waals surface area (Å²) >= 11 is 6.07. The number of carbonyl (C=O) groups is 2. The van der Waals surface area contributed by atoms with Crippen molar-refractivity contribution < 1.29 is 18.7 Å². The van der Waals surface area contributed by atoms with Crippen molar-refractivity contribution in [3.8, 4) is 5.75 Å². The van der Waals surface area contributed by atoms with Crippen LogP contribution in [0.15, 0.2) is 55.1 Å². The second-order valence-electron chi connectivity index (χ2n) is 8.80. The van der Waals surface area contributed by atoms with Gasteiger partial charge in [-0.25, -0.2) is 19.3 Å². The molecule has 2 bridgehead atoms.